The highest BCUT2D eigenvalue weighted by molar-refractivity contribution is 5.75. The van der Waals surface area contributed by atoms with Gasteiger partial charge >= 0.3 is 0 Å². The zero-order valence-electron chi connectivity index (χ0n) is 12.1. The Morgan fingerprint density at radius 1 is 1.10 bits per heavy atom. The maximum atomic E-state index is 10.8. The predicted octanol–water partition coefficient (Wildman–Crippen LogP) is 4.16. The third-order valence-corrected chi connectivity index (χ3v) is 3.41. The lowest BCUT2D eigenvalue weighted by atomic mass is 10.1. The number of Topliss-reactive ketones (excluding diaryl/α,β-unsaturated/α-hetero) is 1. The van der Waals surface area contributed by atoms with Gasteiger partial charge in [-0.15, -0.1) is 0 Å². The van der Waals surface area contributed by atoms with Crippen LogP contribution in [0.2, 0.25) is 0 Å². The first kappa shape index (κ1) is 14.5. The van der Waals surface area contributed by atoms with E-state index < -0.39 is 0 Å². The van der Waals surface area contributed by atoms with Gasteiger partial charge in [0.2, 0.25) is 0 Å². The Morgan fingerprint density at radius 2 is 1.85 bits per heavy atom. The maximum absolute atomic E-state index is 10.8. The van der Waals surface area contributed by atoms with Crippen LogP contribution in [0.25, 0.3) is 11.3 Å². The Morgan fingerprint density at radius 3 is 2.60 bits per heavy atom. The minimum absolute atomic E-state index is 0.295. The monoisotopic (exact) mass is 270 g/mol. The number of hydrogen-bond donors (Lipinski definition) is 1. The normalized spacial score (nSPS) is 10.7. The van der Waals surface area contributed by atoms with Gasteiger partial charge in [0.25, 0.3) is 0 Å². The summed E-state index contributed by atoms with van der Waals surface area (Å²) in [6.45, 7) is 1.66. The molecule has 0 saturated heterocycles. The molecule has 0 spiro atoms. The van der Waals surface area contributed by atoms with Crippen molar-refractivity contribution in [1.82, 2.24) is 9.97 Å². The molecule has 0 radical (unpaired) electrons. The van der Waals surface area contributed by atoms with Crippen LogP contribution >= 0.6 is 0 Å². The highest BCUT2D eigenvalue weighted by Crippen LogP contribution is 2.17. The first-order chi connectivity index (χ1) is 9.75. The number of aryl methyl sites for hydroxylation is 1. The molecule has 0 unspecified atom stereocenters. The number of unbranched alkanes of at least 4 members (excludes halogenated alkanes) is 3. The summed E-state index contributed by atoms with van der Waals surface area (Å²) >= 11 is 0. The fraction of sp³-hybridized carbons (Fsp3) is 0.412. The number of imidazole rings is 1. The molecular formula is C17H22N2O. The van der Waals surface area contributed by atoms with E-state index in [4.69, 9.17) is 0 Å². The first-order valence-electron chi connectivity index (χ1n) is 7.34. The molecule has 3 nitrogen and oxygen atoms in total. The van der Waals surface area contributed by atoms with Crippen LogP contribution < -0.4 is 0 Å². The molecule has 106 valence electrons. The Hall–Kier alpha value is -1.90. The number of rotatable bonds is 8. The molecule has 0 amide bonds. The van der Waals surface area contributed by atoms with Crippen LogP contribution in [0.1, 0.15) is 44.9 Å². The highest BCUT2D eigenvalue weighted by atomic mass is 16.1. The molecule has 2 aromatic rings. The summed E-state index contributed by atoms with van der Waals surface area (Å²) in [7, 11) is 0. The summed E-state index contributed by atoms with van der Waals surface area (Å²) in [5, 5.41) is 0. The number of aromatic amines is 1. The van der Waals surface area contributed by atoms with Gasteiger partial charge in [0.15, 0.2) is 0 Å². The summed E-state index contributed by atoms with van der Waals surface area (Å²) in [6.07, 6.45) is 8.04. The average Bonchev–Trinajstić information content (AvgIpc) is 2.92. The summed E-state index contributed by atoms with van der Waals surface area (Å²) < 4.78 is 0. The van der Waals surface area contributed by atoms with Crippen LogP contribution in [0.3, 0.4) is 0 Å². The van der Waals surface area contributed by atoms with Gasteiger partial charge in [0.05, 0.1) is 11.9 Å². The molecular weight excluding hydrogens is 248 g/mol. The summed E-state index contributed by atoms with van der Waals surface area (Å²) in [5.74, 6) is 1.35. The Bertz CT molecular complexity index is 531. The molecule has 0 aliphatic carbocycles. The second-order valence-electron chi connectivity index (χ2n) is 5.23. The number of H-pyrrole nitrogens is 1. The van der Waals surface area contributed by atoms with Crippen molar-refractivity contribution in [2.24, 2.45) is 0 Å². The Balaban J connectivity index is 1.72. The van der Waals surface area contributed by atoms with Gasteiger partial charge in [-0.25, -0.2) is 4.98 Å². The average molecular weight is 270 g/mol. The molecule has 0 aliphatic heterocycles. The van der Waals surface area contributed by atoms with Crippen LogP contribution in [0.5, 0.6) is 0 Å². The molecule has 0 bridgehead atoms. The second-order valence-corrected chi connectivity index (χ2v) is 5.23. The van der Waals surface area contributed by atoms with E-state index in [1.807, 2.05) is 24.4 Å². The van der Waals surface area contributed by atoms with Crippen molar-refractivity contribution in [3.8, 4) is 11.3 Å². The lowest BCUT2D eigenvalue weighted by Gasteiger charge is -1.99. The molecule has 0 aliphatic rings. The molecule has 0 fully saturated rings. The lowest BCUT2D eigenvalue weighted by Crippen LogP contribution is -1.91. The van der Waals surface area contributed by atoms with E-state index in [9.17, 15) is 4.79 Å². The zero-order valence-corrected chi connectivity index (χ0v) is 12.1. The molecule has 1 aromatic carbocycles. The zero-order chi connectivity index (χ0) is 14.2. The van der Waals surface area contributed by atoms with Crippen LogP contribution in [0.15, 0.2) is 36.5 Å². The number of nitrogens with one attached hydrogen (secondary N) is 1. The van der Waals surface area contributed by atoms with Gasteiger partial charge in [0.1, 0.15) is 11.6 Å². The Kier molecular flexibility index (Phi) is 5.54. The number of aromatic nitrogens is 2. The van der Waals surface area contributed by atoms with E-state index in [0.717, 1.165) is 50.0 Å². The van der Waals surface area contributed by atoms with E-state index in [1.54, 1.807) is 6.92 Å². The second kappa shape index (κ2) is 7.63. The number of benzene rings is 1. The topological polar surface area (TPSA) is 45.8 Å². The largest absolute Gasteiger partial charge is 0.342 e. The van der Waals surface area contributed by atoms with Gasteiger partial charge in [0, 0.05) is 12.8 Å². The van der Waals surface area contributed by atoms with E-state index in [2.05, 4.69) is 22.1 Å². The summed E-state index contributed by atoms with van der Waals surface area (Å²) in [6, 6.07) is 10.2. The van der Waals surface area contributed by atoms with Crippen molar-refractivity contribution in [2.75, 3.05) is 0 Å². The standard InChI is InChI=1S/C17H22N2O/c1-14(20)9-5-2-3-8-12-17-18-13-16(19-17)15-10-6-4-7-11-15/h4,6-7,10-11,13H,2-3,5,8-9,12H2,1H3,(H,18,19). The Labute approximate surface area is 120 Å². The minimum Gasteiger partial charge on any atom is -0.342 e. The molecule has 20 heavy (non-hydrogen) atoms. The van der Waals surface area contributed by atoms with Gasteiger partial charge in [-0.2, -0.15) is 0 Å². The summed E-state index contributed by atoms with van der Waals surface area (Å²) in [5.41, 5.74) is 2.25. The molecule has 1 heterocycles. The van der Waals surface area contributed by atoms with E-state index in [0.29, 0.717) is 5.78 Å². The van der Waals surface area contributed by atoms with E-state index in [-0.39, 0.29) is 0 Å². The number of carbonyl (C=O) groups is 1. The van der Waals surface area contributed by atoms with Crippen LogP contribution in [0, 0.1) is 0 Å². The smallest absolute Gasteiger partial charge is 0.129 e. The van der Waals surface area contributed by atoms with Gasteiger partial charge in [-0.05, 0) is 25.3 Å². The van der Waals surface area contributed by atoms with Crippen molar-refractivity contribution in [3.05, 3.63) is 42.4 Å². The van der Waals surface area contributed by atoms with E-state index in [1.165, 1.54) is 5.56 Å². The van der Waals surface area contributed by atoms with Crippen molar-refractivity contribution in [1.29, 1.82) is 0 Å². The van der Waals surface area contributed by atoms with Gasteiger partial charge < -0.3 is 9.78 Å². The maximum Gasteiger partial charge on any atom is 0.129 e. The summed E-state index contributed by atoms with van der Waals surface area (Å²) in [4.78, 5) is 18.6. The van der Waals surface area contributed by atoms with Gasteiger partial charge in [-0.3, -0.25) is 0 Å². The number of ketones is 1. The molecule has 0 atom stereocenters. The molecule has 2 rings (SSSR count). The molecule has 1 aromatic heterocycles. The number of carbonyl (C=O) groups excluding carboxylic acids is 1. The third-order valence-electron chi connectivity index (χ3n) is 3.41. The third kappa shape index (κ3) is 4.65. The highest BCUT2D eigenvalue weighted by Gasteiger charge is 2.02. The van der Waals surface area contributed by atoms with Crippen molar-refractivity contribution in [2.45, 2.75) is 45.4 Å². The molecule has 1 N–H and O–H groups in total. The predicted molar refractivity (Wildman–Crippen MR) is 81.5 cm³/mol. The number of hydrogen-bond acceptors (Lipinski definition) is 2. The van der Waals surface area contributed by atoms with Crippen molar-refractivity contribution in [3.63, 3.8) is 0 Å². The first-order valence-corrected chi connectivity index (χ1v) is 7.34. The lowest BCUT2D eigenvalue weighted by molar-refractivity contribution is -0.117. The molecule has 0 saturated carbocycles. The van der Waals surface area contributed by atoms with Crippen molar-refractivity contribution < 1.29 is 4.79 Å². The fourth-order valence-electron chi connectivity index (χ4n) is 2.27. The minimum atomic E-state index is 0.295. The fourth-order valence-corrected chi connectivity index (χ4v) is 2.27. The van der Waals surface area contributed by atoms with Crippen LogP contribution in [-0.4, -0.2) is 15.8 Å². The quantitative estimate of drug-likeness (QED) is 0.732. The van der Waals surface area contributed by atoms with Gasteiger partial charge in [-0.1, -0.05) is 43.2 Å². The molecule has 3 heteroatoms. The number of nitrogens with zero attached hydrogens (tertiary/aromatic N) is 1. The van der Waals surface area contributed by atoms with Crippen molar-refractivity contribution >= 4 is 5.78 Å². The van der Waals surface area contributed by atoms with Crippen LogP contribution in [0.4, 0.5) is 0 Å². The van der Waals surface area contributed by atoms with E-state index >= 15 is 0 Å². The van der Waals surface area contributed by atoms with Crippen LogP contribution in [-0.2, 0) is 11.2 Å². The SMILES string of the molecule is CC(=O)CCCCCCc1ncc(-c2ccccc2)[nH]1.